The SMILES string of the molecule is NNc1cccc(C(=O)O)c1-c1cccc(N)c1. The first kappa shape index (κ1) is 11.9. The van der Waals surface area contributed by atoms with E-state index in [1.54, 1.807) is 36.4 Å². The number of hydrogen-bond acceptors (Lipinski definition) is 4. The molecule has 2 aromatic rings. The van der Waals surface area contributed by atoms with Crippen LogP contribution in [-0.4, -0.2) is 11.1 Å². The Bertz CT molecular complexity index is 597. The molecule has 0 saturated carbocycles. The fourth-order valence-corrected chi connectivity index (χ4v) is 1.86. The molecule has 0 aliphatic rings. The Labute approximate surface area is 104 Å². The average Bonchev–Trinajstić information content (AvgIpc) is 2.37. The highest BCUT2D eigenvalue weighted by Crippen LogP contribution is 2.32. The molecule has 0 spiro atoms. The number of hydrogen-bond donors (Lipinski definition) is 4. The first-order chi connectivity index (χ1) is 8.63. The van der Waals surface area contributed by atoms with E-state index in [1.807, 2.05) is 0 Å². The summed E-state index contributed by atoms with van der Waals surface area (Å²) in [6, 6.07) is 11.9. The van der Waals surface area contributed by atoms with Crippen LogP contribution in [0, 0.1) is 0 Å². The van der Waals surface area contributed by atoms with Gasteiger partial charge >= 0.3 is 5.97 Å². The molecule has 0 fully saturated rings. The third-order valence-corrected chi connectivity index (χ3v) is 2.63. The molecule has 0 radical (unpaired) electrons. The molecule has 5 nitrogen and oxygen atoms in total. The van der Waals surface area contributed by atoms with E-state index in [9.17, 15) is 9.90 Å². The van der Waals surface area contributed by atoms with Crippen molar-refractivity contribution in [3.63, 3.8) is 0 Å². The Balaban J connectivity index is 2.71. The van der Waals surface area contributed by atoms with Crippen molar-refractivity contribution >= 4 is 17.3 Å². The zero-order chi connectivity index (χ0) is 13.1. The zero-order valence-corrected chi connectivity index (χ0v) is 9.55. The predicted molar refractivity (Wildman–Crippen MR) is 71.1 cm³/mol. The van der Waals surface area contributed by atoms with Gasteiger partial charge in [-0.05, 0) is 29.8 Å². The predicted octanol–water partition coefficient (Wildman–Crippen LogP) is 1.92. The molecule has 2 rings (SSSR count). The molecule has 6 N–H and O–H groups in total. The summed E-state index contributed by atoms with van der Waals surface area (Å²) in [5, 5.41) is 9.22. The van der Waals surface area contributed by atoms with Gasteiger partial charge in [0.1, 0.15) is 0 Å². The Kier molecular flexibility index (Phi) is 3.16. The first-order valence-electron chi connectivity index (χ1n) is 5.32. The molecule has 0 saturated heterocycles. The van der Waals surface area contributed by atoms with E-state index in [4.69, 9.17) is 11.6 Å². The molecular formula is C13H13N3O2. The molecule has 0 unspecified atom stereocenters. The maximum Gasteiger partial charge on any atom is 0.336 e. The van der Waals surface area contributed by atoms with Gasteiger partial charge in [-0.3, -0.25) is 5.84 Å². The third kappa shape index (κ3) is 2.11. The average molecular weight is 243 g/mol. The smallest absolute Gasteiger partial charge is 0.336 e. The van der Waals surface area contributed by atoms with Gasteiger partial charge in [-0.25, -0.2) is 4.79 Å². The van der Waals surface area contributed by atoms with Gasteiger partial charge in [0, 0.05) is 11.3 Å². The Hall–Kier alpha value is -2.53. The van der Waals surface area contributed by atoms with Crippen LogP contribution in [0.4, 0.5) is 11.4 Å². The molecule has 92 valence electrons. The number of carboxylic acids is 1. The lowest BCUT2D eigenvalue weighted by atomic mass is 9.97. The van der Waals surface area contributed by atoms with Crippen molar-refractivity contribution in [2.75, 3.05) is 11.2 Å². The monoisotopic (exact) mass is 243 g/mol. The summed E-state index contributed by atoms with van der Waals surface area (Å²) in [6.07, 6.45) is 0. The van der Waals surface area contributed by atoms with Gasteiger partial charge in [-0.1, -0.05) is 18.2 Å². The van der Waals surface area contributed by atoms with E-state index >= 15 is 0 Å². The summed E-state index contributed by atoms with van der Waals surface area (Å²) in [4.78, 5) is 11.2. The van der Waals surface area contributed by atoms with E-state index in [1.165, 1.54) is 6.07 Å². The molecule has 5 heteroatoms. The number of nitrogens with one attached hydrogen (secondary N) is 1. The number of anilines is 2. The van der Waals surface area contributed by atoms with Crippen molar-refractivity contribution in [2.24, 2.45) is 5.84 Å². The van der Waals surface area contributed by atoms with Crippen LogP contribution in [0.3, 0.4) is 0 Å². The minimum atomic E-state index is -1.01. The molecule has 0 aliphatic carbocycles. The molecule has 2 aromatic carbocycles. The number of carboxylic acid groups (broad SMARTS) is 1. The number of aromatic carboxylic acids is 1. The number of rotatable bonds is 3. The second-order valence-corrected chi connectivity index (χ2v) is 3.80. The van der Waals surface area contributed by atoms with Crippen LogP contribution in [0.1, 0.15) is 10.4 Å². The van der Waals surface area contributed by atoms with Crippen molar-refractivity contribution in [3.05, 3.63) is 48.0 Å². The summed E-state index contributed by atoms with van der Waals surface area (Å²) < 4.78 is 0. The molecule has 0 atom stereocenters. The quantitative estimate of drug-likeness (QED) is 0.375. The number of nitrogens with two attached hydrogens (primary N) is 2. The lowest BCUT2D eigenvalue weighted by molar-refractivity contribution is 0.0698. The van der Waals surface area contributed by atoms with Gasteiger partial charge in [-0.15, -0.1) is 0 Å². The molecule has 0 aromatic heterocycles. The lowest BCUT2D eigenvalue weighted by Gasteiger charge is -2.12. The van der Waals surface area contributed by atoms with Crippen LogP contribution >= 0.6 is 0 Å². The van der Waals surface area contributed by atoms with Crippen LogP contribution in [-0.2, 0) is 0 Å². The molecule has 0 bridgehead atoms. The van der Waals surface area contributed by atoms with E-state index in [0.29, 0.717) is 22.5 Å². The number of benzene rings is 2. The van der Waals surface area contributed by atoms with Crippen LogP contribution in [0.25, 0.3) is 11.1 Å². The minimum absolute atomic E-state index is 0.177. The molecular weight excluding hydrogens is 230 g/mol. The van der Waals surface area contributed by atoms with Crippen molar-refractivity contribution in [3.8, 4) is 11.1 Å². The van der Waals surface area contributed by atoms with Crippen molar-refractivity contribution in [1.29, 1.82) is 0 Å². The second kappa shape index (κ2) is 4.77. The van der Waals surface area contributed by atoms with Crippen LogP contribution < -0.4 is 17.0 Å². The van der Waals surface area contributed by atoms with Gasteiger partial charge in [0.2, 0.25) is 0 Å². The van der Waals surface area contributed by atoms with Gasteiger partial charge in [0.15, 0.2) is 0 Å². The Morgan fingerprint density at radius 1 is 1.17 bits per heavy atom. The summed E-state index contributed by atoms with van der Waals surface area (Å²) in [7, 11) is 0. The van der Waals surface area contributed by atoms with Gasteiger partial charge in [0.05, 0.1) is 11.3 Å². The summed E-state index contributed by atoms with van der Waals surface area (Å²) in [6.45, 7) is 0. The van der Waals surface area contributed by atoms with Crippen molar-refractivity contribution < 1.29 is 9.90 Å². The van der Waals surface area contributed by atoms with E-state index in [0.717, 1.165) is 0 Å². The normalized spacial score (nSPS) is 10.1. The number of hydrazine groups is 1. The van der Waals surface area contributed by atoms with Crippen LogP contribution in [0.2, 0.25) is 0 Å². The highest BCUT2D eigenvalue weighted by molar-refractivity contribution is 6.00. The highest BCUT2D eigenvalue weighted by Gasteiger charge is 2.15. The van der Waals surface area contributed by atoms with Crippen LogP contribution in [0.15, 0.2) is 42.5 Å². The van der Waals surface area contributed by atoms with E-state index in [2.05, 4.69) is 5.43 Å². The first-order valence-corrected chi connectivity index (χ1v) is 5.32. The largest absolute Gasteiger partial charge is 0.478 e. The Morgan fingerprint density at radius 3 is 2.50 bits per heavy atom. The van der Waals surface area contributed by atoms with Crippen molar-refractivity contribution in [1.82, 2.24) is 0 Å². The molecule has 0 amide bonds. The lowest BCUT2D eigenvalue weighted by Crippen LogP contribution is -2.10. The fraction of sp³-hybridized carbons (Fsp3) is 0. The fourth-order valence-electron chi connectivity index (χ4n) is 1.86. The highest BCUT2D eigenvalue weighted by atomic mass is 16.4. The minimum Gasteiger partial charge on any atom is -0.478 e. The molecule has 0 aliphatic heterocycles. The standard InChI is InChI=1S/C13H13N3O2/c14-9-4-1-3-8(7-9)12-10(13(17)18)5-2-6-11(12)16-15/h1-7,16H,14-15H2,(H,17,18). The number of carbonyl (C=O) groups is 1. The van der Waals surface area contributed by atoms with Gasteiger partial charge in [-0.2, -0.15) is 0 Å². The summed E-state index contributed by atoms with van der Waals surface area (Å²) >= 11 is 0. The number of nitrogen functional groups attached to an aromatic ring is 2. The van der Waals surface area contributed by atoms with Crippen molar-refractivity contribution in [2.45, 2.75) is 0 Å². The van der Waals surface area contributed by atoms with E-state index in [-0.39, 0.29) is 5.56 Å². The summed E-state index contributed by atoms with van der Waals surface area (Å²) in [5.41, 5.74) is 10.7. The third-order valence-electron chi connectivity index (χ3n) is 2.63. The van der Waals surface area contributed by atoms with E-state index < -0.39 is 5.97 Å². The maximum atomic E-state index is 11.2. The van der Waals surface area contributed by atoms with Gasteiger partial charge in [0.25, 0.3) is 0 Å². The molecule has 0 heterocycles. The maximum absolute atomic E-state index is 11.2. The molecule has 18 heavy (non-hydrogen) atoms. The zero-order valence-electron chi connectivity index (χ0n) is 9.55. The topological polar surface area (TPSA) is 101 Å². The van der Waals surface area contributed by atoms with Crippen LogP contribution in [0.5, 0.6) is 0 Å². The Morgan fingerprint density at radius 2 is 1.89 bits per heavy atom. The summed E-state index contributed by atoms with van der Waals surface area (Å²) in [5.74, 6) is 4.41. The second-order valence-electron chi connectivity index (χ2n) is 3.80. The van der Waals surface area contributed by atoms with Gasteiger partial charge < -0.3 is 16.3 Å².